The molecule has 0 fully saturated rings. The molecule has 0 spiro atoms. The van der Waals surface area contributed by atoms with Gasteiger partial charge in [-0.1, -0.05) is 23.8 Å². The van der Waals surface area contributed by atoms with Gasteiger partial charge in [0.25, 0.3) is 5.91 Å². The molecular formula is C15H16N2OS2. The highest BCUT2D eigenvalue weighted by Gasteiger charge is 2.13. The fourth-order valence-corrected chi connectivity index (χ4v) is 2.94. The van der Waals surface area contributed by atoms with Crippen LogP contribution in [0.3, 0.4) is 0 Å². The monoisotopic (exact) mass is 304 g/mol. The number of hydrogen-bond donors (Lipinski definition) is 1. The summed E-state index contributed by atoms with van der Waals surface area (Å²) in [5, 5.41) is 5.75. The zero-order chi connectivity index (χ0) is 14.4. The first-order valence-electron chi connectivity index (χ1n) is 6.25. The van der Waals surface area contributed by atoms with Crippen molar-refractivity contribution in [2.24, 2.45) is 5.10 Å². The van der Waals surface area contributed by atoms with Gasteiger partial charge in [-0.05, 0) is 37.4 Å². The molecule has 20 heavy (non-hydrogen) atoms. The Morgan fingerprint density at radius 2 is 2.10 bits per heavy atom. The zero-order valence-electron chi connectivity index (χ0n) is 11.4. The van der Waals surface area contributed by atoms with Gasteiger partial charge in [0.2, 0.25) is 0 Å². The minimum atomic E-state index is -0.182. The highest BCUT2D eigenvalue weighted by atomic mass is 32.2. The average Bonchev–Trinajstić information content (AvgIpc) is 2.94. The predicted molar refractivity (Wildman–Crippen MR) is 86.6 cm³/mol. The van der Waals surface area contributed by atoms with Gasteiger partial charge >= 0.3 is 0 Å². The van der Waals surface area contributed by atoms with Crippen LogP contribution in [-0.4, -0.2) is 17.4 Å². The average molecular weight is 304 g/mol. The molecule has 1 aromatic heterocycles. The van der Waals surface area contributed by atoms with Gasteiger partial charge in [0, 0.05) is 9.77 Å². The predicted octanol–water partition coefficient (Wildman–Crippen LogP) is 3.69. The van der Waals surface area contributed by atoms with Crippen molar-refractivity contribution in [2.75, 3.05) is 0 Å². The molecule has 0 aliphatic carbocycles. The molecule has 0 unspecified atom stereocenters. The van der Waals surface area contributed by atoms with Crippen LogP contribution in [0.5, 0.6) is 0 Å². The number of carbonyl (C=O) groups is 1. The van der Waals surface area contributed by atoms with Crippen molar-refractivity contribution >= 4 is 35.2 Å². The lowest BCUT2D eigenvalue weighted by atomic mass is 10.2. The molecule has 1 amide bonds. The molecule has 5 heteroatoms. The molecule has 0 radical (unpaired) electrons. The second-order valence-electron chi connectivity index (χ2n) is 4.32. The second kappa shape index (κ2) is 7.26. The highest BCUT2D eigenvalue weighted by Crippen LogP contribution is 2.23. The van der Waals surface area contributed by atoms with Gasteiger partial charge in [-0.25, -0.2) is 5.43 Å². The van der Waals surface area contributed by atoms with Crippen molar-refractivity contribution in [3.8, 4) is 0 Å². The standard InChI is InChI=1S/C15H16N2OS2/c1-11-5-7-13(8-6-11)20-12(2)15(18)17-16-10-14-4-3-9-19-14/h3-10,12H,1-2H3,(H,17,18)/b16-10-/t12-/m0/s1. The summed E-state index contributed by atoms with van der Waals surface area (Å²) in [6.07, 6.45) is 1.66. The van der Waals surface area contributed by atoms with Gasteiger partial charge in [0.15, 0.2) is 0 Å². The van der Waals surface area contributed by atoms with Crippen molar-refractivity contribution in [1.29, 1.82) is 0 Å². The Kier molecular flexibility index (Phi) is 5.38. The molecule has 1 heterocycles. The van der Waals surface area contributed by atoms with Gasteiger partial charge in [-0.3, -0.25) is 4.79 Å². The van der Waals surface area contributed by atoms with Gasteiger partial charge in [0.05, 0.1) is 11.5 Å². The summed E-state index contributed by atoms with van der Waals surface area (Å²) in [7, 11) is 0. The molecule has 1 N–H and O–H groups in total. The first kappa shape index (κ1) is 14.8. The first-order valence-corrected chi connectivity index (χ1v) is 8.01. The maximum atomic E-state index is 11.9. The lowest BCUT2D eigenvalue weighted by Crippen LogP contribution is -2.26. The lowest BCUT2D eigenvalue weighted by molar-refractivity contribution is -0.120. The summed E-state index contributed by atoms with van der Waals surface area (Å²) in [6, 6.07) is 12.0. The van der Waals surface area contributed by atoms with E-state index in [1.807, 2.05) is 55.6 Å². The molecule has 3 nitrogen and oxygen atoms in total. The Balaban J connectivity index is 1.84. The van der Waals surface area contributed by atoms with Crippen LogP contribution in [-0.2, 0) is 4.79 Å². The van der Waals surface area contributed by atoms with E-state index < -0.39 is 0 Å². The van der Waals surface area contributed by atoms with E-state index in [0.29, 0.717) is 0 Å². The molecule has 1 aromatic carbocycles. The summed E-state index contributed by atoms with van der Waals surface area (Å²) >= 11 is 3.11. The number of aryl methyl sites for hydroxylation is 1. The molecule has 0 aliphatic rings. The van der Waals surface area contributed by atoms with Gasteiger partial charge in [-0.15, -0.1) is 23.1 Å². The summed E-state index contributed by atoms with van der Waals surface area (Å²) < 4.78 is 0. The van der Waals surface area contributed by atoms with E-state index in [-0.39, 0.29) is 11.2 Å². The van der Waals surface area contributed by atoms with E-state index in [4.69, 9.17) is 0 Å². The molecule has 2 aromatic rings. The van der Waals surface area contributed by atoms with Gasteiger partial charge in [-0.2, -0.15) is 5.10 Å². The third-order valence-corrected chi connectivity index (χ3v) is 4.53. The number of thioether (sulfide) groups is 1. The van der Waals surface area contributed by atoms with Crippen molar-refractivity contribution < 1.29 is 4.79 Å². The number of nitrogens with zero attached hydrogens (tertiary/aromatic N) is 1. The quantitative estimate of drug-likeness (QED) is 0.520. The van der Waals surface area contributed by atoms with Crippen molar-refractivity contribution in [2.45, 2.75) is 24.0 Å². The van der Waals surface area contributed by atoms with E-state index in [0.717, 1.165) is 9.77 Å². The van der Waals surface area contributed by atoms with Crippen molar-refractivity contribution in [3.63, 3.8) is 0 Å². The number of amides is 1. The van der Waals surface area contributed by atoms with Crippen molar-refractivity contribution in [3.05, 3.63) is 52.2 Å². The molecule has 0 bridgehead atoms. The third kappa shape index (κ3) is 4.51. The Hall–Kier alpha value is -1.59. The van der Waals surface area contributed by atoms with Crippen LogP contribution in [0.2, 0.25) is 0 Å². The number of benzene rings is 1. The van der Waals surface area contributed by atoms with Gasteiger partial charge in [0.1, 0.15) is 0 Å². The Morgan fingerprint density at radius 3 is 2.75 bits per heavy atom. The third-order valence-electron chi connectivity index (χ3n) is 2.61. The molecule has 2 rings (SSSR count). The van der Waals surface area contributed by atoms with E-state index in [9.17, 15) is 4.79 Å². The fourth-order valence-electron chi connectivity index (χ4n) is 1.49. The van der Waals surface area contributed by atoms with Crippen LogP contribution >= 0.6 is 23.1 Å². The van der Waals surface area contributed by atoms with Crippen LogP contribution in [0.15, 0.2) is 51.8 Å². The number of hydrazone groups is 1. The fraction of sp³-hybridized carbons (Fsp3) is 0.200. The number of thiophene rings is 1. The summed E-state index contributed by atoms with van der Waals surface area (Å²) in [5.74, 6) is -0.0941. The number of nitrogens with one attached hydrogen (secondary N) is 1. The summed E-state index contributed by atoms with van der Waals surface area (Å²) in [4.78, 5) is 14.0. The number of rotatable bonds is 5. The van der Waals surface area contributed by atoms with Crippen LogP contribution in [0.1, 0.15) is 17.4 Å². The highest BCUT2D eigenvalue weighted by molar-refractivity contribution is 8.00. The van der Waals surface area contributed by atoms with E-state index in [1.54, 1.807) is 17.6 Å². The van der Waals surface area contributed by atoms with E-state index >= 15 is 0 Å². The van der Waals surface area contributed by atoms with Crippen LogP contribution in [0, 0.1) is 6.92 Å². The maximum absolute atomic E-state index is 11.9. The molecule has 0 saturated heterocycles. The zero-order valence-corrected chi connectivity index (χ0v) is 13.0. The van der Waals surface area contributed by atoms with Crippen molar-refractivity contribution in [1.82, 2.24) is 5.43 Å². The second-order valence-corrected chi connectivity index (χ2v) is 6.72. The largest absolute Gasteiger partial charge is 0.272 e. The van der Waals surface area contributed by atoms with Gasteiger partial charge < -0.3 is 0 Å². The topological polar surface area (TPSA) is 41.5 Å². The van der Waals surface area contributed by atoms with Crippen LogP contribution in [0.4, 0.5) is 0 Å². The summed E-state index contributed by atoms with van der Waals surface area (Å²) in [6.45, 7) is 3.92. The minimum absolute atomic E-state index is 0.0941. The lowest BCUT2D eigenvalue weighted by Gasteiger charge is -2.09. The van der Waals surface area contributed by atoms with E-state index in [1.165, 1.54) is 17.3 Å². The van der Waals surface area contributed by atoms with Crippen LogP contribution in [0.25, 0.3) is 0 Å². The molecule has 104 valence electrons. The van der Waals surface area contributed by atoms with E-state index in [2.05, 4.69) is 10.5 Å². The molecular weight excluding hydrogens is 288 g/mol. The summed E-state index contributed by atoms with van der Waals surface area (Å²) in [5.41, 5.74) is 3.78. The molecule has 0 aliphatic heterocycles. The number of carbonyl (C=O) groups excluding carboxylic acids is 1. The van der Waals surface area contributed by atoms with Crippen LogP contribution < -0.4 is 5.43 Å². The smallest absolute Gasteiger partial charge is 0.253 e. The Morgan fingerprint density at radius 1 is 1.35 bits per heavy atom. The molecule has 1 atom stereocenters. The normalized spacial score (nSPS) is 12.5. The Bertz CT molecular complexity index is 576. The SMILES string of the molecule is Cc1ccc(S[C@@H](C)C(=O)N/N=C\c2cccs2)cc1. The maximum Gasteiger partial charge on any atom is 0.253 e. The minimum Gasteiger partial charge on any atom is -0.272 e. The first-order chi connectivity index (χ1) is 9.65. The Labute approximate surface area is 127 Å². The number of hydrogen-bond acceptors (Lipinski definition) is 4. The molecule has 0 saturated carbocycles.